The SMILES string of the molecule is CN=C(NCc1cccc(C(=O)NCC2CCCO2)c1)N(C)CCOc1ccccc1.I. The Balaban J connectivity index is 0.00000363. The quantitative estimate of drug-likeness (QED) is 0.284. The molecule has 1 amide bonds. The number of carbonyl (C=O) groups is 1. The zero-order chi connectivity index (χ0) is 21.9. The Kier molecular flexibility index (Phi) is 11.3. The van der Waals surface area contributed by atoms with Crippen molar-refractivity contribution in [3.8, 4) is 5.75 Å². The van der Waals surface area contributed by atoms with Crippen LogP contribution in [-0.4, -0.2) is 63.3 Å². The molecule has 0 aromatic heterocycles. The van der Waals surface area contributed by atoms with Crippen molar-refractivity contribution in [2.75, 3.05) is 40.4 Å². The van der Waals surface area contributed by atoms with Crippen molar-refractivity contribution in [1.82, 2.24) is 15.5 Å². The molecule has 0 bridgehead atoms. The summed E-state index contributed by atoms with van der Waals surface area (Å²) in [5, 5.41) is 6.31. The van der Waals surface area contributed by atoms with Crippen molar-refractivity contribution in [3.05, 3.63) is 65.7 Å². The minimum Gasteiger partial charge on any atom is -0.492 e. The molecule has 1 saturated heterocycles. The Labute approximate surface area is 207 Å². The van der Waals surface area contributed by atoms with Gasteiger partial charge < -0.3 is 25.0 Å². The lowest BCUT2D eigenvalue weighted by atomic mass is 10.1. The smallest absolute Gasteiger partial charge is 0.251 e. The van der Waals surface area contributed by atoms with E-state index in [2.05, 4.69) is 15.6 Å². The average Bonchev–Trinajstić information content (AvgIpc) is 3.32. The predicted octanol–water partition coefficient (Wildman–Crippen LogP) is 3.30. The van der Waals surface area contributed by atoms with Gasteiger partial charge in [-0.25, -0.2) is 0 Å². The molecule has 32 heavy (non-hydrogen) atoms. The first-order valence-electron chi connectivity index (χ1n) is 10.7. The number of likely N-dealkylation sites (N-methyl/N-ethyl adjacent to an activating group) is 1. The van der Waals surface area contributed by atoms with Crippen molar-refractivity contribution in [1.29, 1.82) is 0 Å². The monoisotopic (exact) mass is 552 g/mol. The highest BCUT2D eigenvalue weighted by Gasteiger charge is 2.16. The summed E-state index contributed by atoms with van der Waals surface area (Å²) in [6, 6.07) is 17.4. The van der Waals surface area contributed by atoms with E-state index in [1.807, 2.05) is 66.5 Å². The van der Waals surface area contributed by atoms with Crippen molar-refractivity contribution in [3.63, 3.8) is 0 Å². The number of para-hydroxylation sites is 1. The number of ether oxygens (including phenoxy) is 2. The van der Waals surface area contributed by atoms with Crippen LogP contribution in [0.4, 0.5) is 0 Å². The highest BCUT2D eigenvalue weighted by molar-refractivity contribution is 14.0. The van der Waals surface area contributed by atoms with Gasteiger partial charge in [-0.15, -0.1) is 24.0 Å². The van der Waals surface area contributed by atoms with E-state index in [1.165, 1.54) is 0 Å². The van der Waals surface area contributed by atoms with Gasteiger partial charge in [0.05, 0.1) is 12.6 Å². The maximum atomic E-state index is 12.5. The topological polar surface area (TPSA) is 75.2 Å². The third kappa shape index (κ3) is 8.31. The molecule has 0 radical (unpaired) electrons. The minimum atomic E-state index is -0.0723. The fourth-order valence-corrected chi connectivity index (χ4v) is 3.43. The number of rotatable bonds is 9. The summed E-state index contributed by atoms with van der Waals surface area (Å²) in [5.74, 6) is 1.55. The minimum absolute atomic E-state index is 0. The predicted molar refractivity (Wildman–Crippen MR) is 138 cm³/mol. The molecule has 1 heterocycles. The molecular weight excluding hydrogens is 519 g/mol. The number of amides is 1. The summed E-state index contributed by atoms with van der Waals surface area (Å²) in [6.07, 6.45) is 2.21. The Morgan fingerprint density at radius 3 is 2.72 bits per heavy atom. The lowest BCUT2D eigenvalue weighted by Crippen LogP contribution is -2.40. The molecule has 1 aliphatic rings. The zero-order valence-electron chi connectivity index (χ0n) is 18.8. The summed E-state index contributed by atoms with van der Waals surface area (Å²) in [6.45, 7) is 3.17. The van der Waals surface area contributed by atoms with Crippen LogP contribution in [0.1, 0.15) is 28.8 Å². The molecule has 8 heteroatoms. The van der Waals surface area contributed by atoms with Crippen LogP contribution in [0.15, 0.2) is 59.6 Å². The molecule has 0 spiro atoms. The van der Waals surface area contributed by atoms with Gasteiger partial charge >= 0.3 is 0 Å². The third-order valence-electron chi connectivity index (χ3n) is 5.17. The highest BCUT2D eigenvalue weighted by atomic mass is 127. The summed E-state index contributed by atoms with van der Waals surface area (Å²) in [4.78, 5) is 18.8. The first kappa shape index (κ1) is 25.9. The van der Waals surface area contributed by atoms with Gasteiger partial charge in [-0.1, -0.05) is 30.3 Å². The molecule has 3 rings (SSSR count). The molecule has 1 aliphatic heterocycles. The van der Waals surface area contributed by atoms with E-state index < -0.39 is 0 Å². The Morgan fingerprint density at radius 2 is 2.00 bits per heavy atom. The molecule has 0 saturated carbocycles. The van der Waals surface area contributed by atoms with Crippen LogP contribution in [-0.2, 0) is 11.3 Å². The molecule has 174 valence electrons. The van der Waals surface area contributed by atoms with Gasteiger partial charge in [0, 0.05) is 39.4 Å². The maximum Gasteiger partial charge on any atom is 0.251 e. The van der Waals surface area contributed by atoms with Crippen LogP contribution in [0.2, 0.25) is 0 Å². The lowest BCUT2D eigenvalue weighted by Gasteiger charge is -2.22. The first-order chi connectivity index (χ1) is 15.2. The molecule has 0 aliphatic carbocycles. The van der Waals surface area contributed by atoms with Crippen LogP contribution >= 0.6 is 24.0 Å². The van der Waals surface area contributed by atoms with Gasteiger partial charge in [0.25, 0.3) is 5.91 Å². The molecule has 1 unspecified atom stereocenters. The zero-order valence-corrected chi connectivity index (χ0v) is 21.1. The number of aliphatic imine (C=N–C) groups is 1. The second kappa shape index (κ2) is 13.9. The molecule has 7 nitrogen and oxygen atoms in total. The average molecular weight is 552 g/mol. The third-order valence-corrected chi connectivity index (χ3v) is 5.17. The number of hydrogen-bond donors (Lipinski definition) is 2. The van der Waals surface area contributed by atoms with Crippen molar-refractivity contribution < 1.29 is 14.3 Å². The number of hydrogen-bond acceptors (Lipinski definition) is 4. The molecule has 1 fully saturated rings. The Hall–Kier alpha value is -2.33. The summed E-state index contributed by atoms with van der Waals surface area (Å²) < 4.78 is 11.3. The van der Waals surface area contributed by atoms with Crippen LogP contribution in [0.3, 0.4) is 0 Å². The van der Waals surface area contributed by atoms with E-state index in [-0.39, 0.29) is 36.0 Å². The van der Waals surface area contributed by atoms with Crippen LogP contribution < -0.4 is 15.4 Å². The van der Waals surface area contributed by atoms with E-state index >= 15 is 0 Å². The van der Waals surface area contributed by atoms with Gasteiger partial charge in [-0.2, -0.15) is 0 Å². The lowest BCUT2D eigenvalue weighted by molar-refractivity contribution is 0.0857. The Bertz CT molecular complexity index is 857. The number of nitrogens with one attached hydrogen (secondary N) is 2. The fraction of sp³-hybridized carbons (Fsp3) is 0.417. The highest BCUT2D eigenvalue weighted by Crippen LogP contribution is 2.11. The van der Waals surface area contributed by atoms with Crippen molar-refractivity contribution >= 4 is 35.8 Å². The normalized spacial score (nSPS) is 15.6. The second-order valence-electron chi connectivity index (χ2n) is 7.53. The van der Waals surface area contributed by atoms with E-state index in [0.29, 0.717) is 31.8 Å². The molecule has 2 aromatic rings. The number of halogens is 1. The number of benzene rings is 2. The molecule has 2 N–H and O–H groups in total. The molecule has 1 atom stereocenters. The maximum absolute atomic E-state index is 12.5. The van der Waals surface area contributed by atoms with Crippen LogP contribution in [0.25, 0.3) is 0 Å². The Morgan fingerprint density at radius 1 is 1.19 bits per heavy atom. The van der Waals surface area contributed by atoms with E-state index in [0.717, 1.165) is 36.7 Å². The first-order valence-corrected chi connectivity index (χ1v) is 10.7. The second-order valence-corrected chi connectivity index (χ2v) is 7.53. The standard InChI is InChI=1S/C24H32N4O3.HI/c1-25-24(28(2)13-15-31-21-10-4-3-5-11-21)27-17-19-8-6-9-20(16-19)23(29)26-18-22-12-7-14-30-22;/h3-6,8-11,16,22H,7,12-15,17-18H2,1-2H3,(H,25,27)(H,26,29);1H. The molecule has 2 aromatic carbocycles. The molecular formula is C24H33IN4O3. The van der Waals surface area contributed by atoms with E-state index in [1.54, 1.807) is 7.05 Å². The fourth-order valence-electron chi connectivity index (χ4n) is 3.43. The van der Waals surface area contributed by atoms with Gasteiger partial charge in [0.2, 0.25) is 0 Å². The van der Waals surface area contributed by atoms with Crippen LogP contribution in [0, 0.1) is 0 Å². The van der Waals surface area contributed by atoms with Crippen molar-refractivity contribution in [2.45, 2.75) is 25.5 Å². The van der Waals surface area contributed by atoms with E-state index in [9.17, 15) is 4.79 Å². The van der Waals surface area contributed by atoms with Gasteiger partial charge in [0.1, 0.15) is 12.4 Å². The van der Waals surface area contributed by atoms with Crippen LogP contribution in [0.5, 0.6) is 5.75 Å². The van der Waals surface area contributed by atoms with Gasteiger partial charge in [-0.3, -0.25) is 9.79 Å². The largest absolute Gasteiger partial charge is 0.492 e. The number of guanidine groups is 1. The number of nitrogens with zero attached hydrogens (tertiary/aromatic N) is 2. The van der Waals surface area contributed by atoms with Crippen molar-refractivity contribution in [2.24, 2.45) is 4.99 Å². The summed E-state index contributed by atoms with van der Waals surface area (Å²) in [5.41, 5.74) is 1.66. The van der Waals surface area contributed by atoms with Gasteiger partial charge in [-0.05, 0) is 42.7 Å². The summed E-state index contributed by atoms with van der Waals surface area (Å²) in [7, 11) is 3.73. The van der Waals surface area contributed by atoms with E-state index in [4.69, 9.17) is 9.47 Å². The van der Waals surface area contributed by atoms with Gasteiger partial charge in [0.15, 0.2) is 5.96 Å². The summed E-state index contributed by atoms with van der Waals surface area (Å²) >= 11 is 0. The number of carbonyl (C=O) groups excluding carboxylic acids is 1.